The van der Waals surface area contributed by atoms with Gasteiger partial charge in [-0.25, -0.2) is 0 Å². The van der Waals surface area contributed by atoms with Gasteiger partial charge in [-0.1, -0.05) is 78.1 Å². The lowest BCUT2D eigenvalue weighted by molar-refractivity contribution is -0.0883. The zero-order chi connectivity index (χ0) is 20.0. The molecule has 1 aliphatic rings. The van der Waals surface area contributed by atoms with Crippen molar-refractivity contribution in [2.75, 3.05) is 0 Å². The fourth-order valence-electron chi connectivity index (χ4n) is 4.59. The van der Waals surface area contributed by atoms with E-state index in [0.717, 1.165) is 23.9 Å². The Balaban J connectivity index is 2.16. The van der Waals surface area contributed by atoms with Crippen LogP contribution >= 0.6 is 11.6 Å². The molecule has 1 aliphatic carbocycles. The van der Waals surface area contributed by atoms with E-state index in [9.17, 15) is 5.11 Å². The van der Waals surface area contributed by atoms with Crippen molar-refractivity contribution in [1.82, 2.24) is 15.0 Å². The van der Waals surface area contributed by atoms with Crippen molar-refractivity contribution >= 4 is 28.3 Å². The third-order valence-electron chi connectivity index (χ3n) is 6.92. The monoisotopic (exact) mass is 387 g/mol. The summed E-state index contributed by atoms with van der Waals surface area (Å²) >= 11 is 6.09. The van der Waals surface area contributed by atoms with Crippen molar-refractivity contribution in [3.63, 3.8) is 0 Å². The van der Waals surface area contributed by atoms with Crippen molar-refractivity contribution in [2.24, 2.45) is 16.2 Å². The number of benzene rings is 1. The van der Waals surface area contributed by atoms with Gasteiger partial charge in [0.15, 0.2) is 0 Å². The summed E-state index contributed by atoms with van der Waals surface area (Å²) in [6.07, 6.45) is 7.36. The van der Waals surface area contributed by atoms with Gasteiger partial charge in [-0.05, 0) is 35.1 Å². The zero-order valence-electron chi connectivity index (χ0n) is 17.1. The van der Waals surface area contributed by atoms with E-state index in [-0.39, 0.29) is 10.8 Å². The Bertz CT molecular complexity index is 891. The zero-order valence-corrected chi connectivity index (χ0v) is 17.9. The molecule has 2 aromatic rings. The summed E-state index contributed by atoms with van der Waals surface area (Å²) in [6, 6.07) is 5.45. The standard InChI is InChI=1S/C22H30ClN3O/c1-7-20(3,4)22(21(5,6)8-2)13-9-10-18(19(22)27)26-24-16-12-11-15(23)14-17(16)25-26/h9-14,19,27H,7-8H2,1-6H3. The molecule has 3 rings (SSSR count). The molecule has 0 saturated heterocycles. The Hall–Kier alpha value is -1.65. The topological polar surface area (TPSA) is 50.9 Å². The van der Waals surface area contributed by atoms with Crippen LogP contribution in [-0.2, 0) is 0 Å². The maximum Gasteiger partial charge on any atom is 0.115 e. The van der Waals surface area contributed by atoms with E-state index < -0.39 is 11.5 Å². The molecule has 1 aromatic carbocycles. The van der Waals surface area contributed by atoms with Gasteiger partial charge in [0, 0.05) is 10.4 Å². The summed E-state index contributed by atoms with van der Waals surface area (Å²) in [5.41, 5.74) is 1.52. The highest BCUT2D eigenvalue weighted by atomic mass is 35.5. The number of aliphatic hydroxyl groups is 1. The molecule has 1 N–H and O–H groups in total. The average molecular weight is 388 g/mol. The molecule has 146 valence electrons. The van der Waals surface area contributed by atoms with Crippen molar-refractivity contribution in [1.29, 1.82) is 0 Å². The fourth-order valence-corrected chi connectivity index (χ4v) is 4.75. The van der Waals surface area contributed by atoms with Crippen LogP contribution in [0.15, 0.2) is 36.4 Å². The third kappa shape index (κ3) is 2.94. The lowest BCUT2D eigenvalue weighted by Gasteiger charge is -2.58. The highest BCUT2D eigenvalue weighted by molar-refractivity contribution is 6.31. The number of fused-ring (bicyclic) bond motifs is 1. The predicted molar refractivity (Wildman–Crippen MR) is 113 cm³/mol. The van der Waals surface area contributed by atoms with Crippen LogP contribution in [0.3, 0.4) is 0 Å². The molecular formula is C22H30ClN3O. The van der Waals surface area contributed by atoms with E-state index in [2.05, 4.69) is 63.9 Å². The fraction of sp³-hybridized carbons (Fsp3) is 0.545. The molecule has 4 nitrogen and oxygen atoms in total. The van der Waals surface area contributed by atoms with Crippen molar-refractivity contribution in [3.8, 4) is 0 Å². The second-order valence-corrected chi connectivity index (χ2v) is 9.26. The molecule has 1 atom stereocenters. The molecule has 0 fully saturated rings. The Labute approximate surface area is 166 Å². The Morgan fingerprint density at radius 2 is 1.67 bits per heavy atom. The SMILES string of the molecule is CCC(C)(C)C1(C(C)(C)CC)C=CC=C(n2nc3ccc(Cl)cc3n2)C1O. The lowest BCUT2D eigenvalue weighted by atomic mass is 9.47. The van der Waals surface area contributed by atoms with E-state index in [1.165, 1.54) is 0 Å². The minimum Gasteiger partial charge on any atom is -0.386 e. The number of rotatable bonds is 5. The number of allylic oxidation sites excluding steroid dienone is 2. The minimum atomic E-state index is -0.718. The van der Waals surface area contributed by atoms with E-state index in [4.69, 9.17) is 11.6 Å². The molecule has 5 heteroatoms. The van der Waals surface area contributed by atoms with E-state index in [1.807, 2.05) is 12.1 Å². The van der Waals surface area contributed by atoms with Gasteiger partial charge >= 0.3 is 0 Å². The van der Waals surface area contributed by atoms with Gasteiger partial charge in [0.2, 0.25) is 0 Å². The molecule has 1 heterocycles. The Morgan fingerprint density at radius 3 is 2.26 bits per heavy atom. The molecule has 0 aliphatic heterocycles. The van der Waals surface area contributed by atoms with Crippen molar-refractivity contribution in [3.05, 3.63) is 41.4 Å². The molecule has 1 aromatic heterocycles. The van der Waals surface area contributed by atoms with Crippen LogP contribution in [0.1, 0.15) is 54.4 Å². The normalized spacial score (nSPS) is 20.1. The third-order valence-corrected chi connectivity index (χ3v) is 7.15. The first-order chi connectivity index (χ1) is 12.6. The first-order valence-corrected chi connectivity index (χ1v) is 10.1. The van der Waals surface area contributed by atoms with Gasteiger partial charge in [-0.2, -0.15) is 4.80 Å². The molecule has 0 radical (unpaired) electrons. The van der Waals surface area contributed by atoms with Gasteiger partial charge < -0.3 is 5.11 Å². The average Bonchev–Trinajstić information content (AvgIpc) is 3.04. The van der Waals surface area contributed by atoms with Crippen LogP contribution in [0.4, 0.5) is 0 Å². The number of hydrogen-bond donors (Lipinski definition) is 1. The highest BCUT2D eigenvalue weighted by Crippen LogP contribution is 2.60. The summed E-state index contributed by atoms with van der Waals surface area (Å²) in [4.78, 5) is 1.57. The van der Waals surface area contributed by atoms with Gasteiger partial charge in [-0.15, -0.1) is 10.2 Å². The quantitative estimate of drug-likeness (QED) is 0.714. The molecule has 0 saturated carbocycles. The second kappa shape index (κ2) is 6.75. The van der Waals surface area contributed by atoms with Gasteiger partial charge in [0.1, 0.15) is 17.1 Å². The second-order valence-electron chi connectivity index (χ2n) is 8.82. The smallest absolute Gasteiger partial charge is 0.115 e. The number of nitrogens with zero attached hydrogens (tertiary/aromatic N) is 3. The Morgan fingerprint density at radius 1 is 1.07 bits per heavy atom. The summed E-state index contributed by atoms with van der Waals surface area (Å²) in [5.74, 6) is 0. The van der Waals surface area contributed by atoms with Crippen molar-refractivity contribution < 1.29 is 5.11 Å². The van der Waals surface area contributed by atoms with Gasteiger partial charge in [-0.3, -0.25) is 0 Å². The molecule has 0 amide bonds. The van der Waals surface area contributed by atoms with Crippen LogP contribution in [0.5, 0.6) is 0 Å². The summed E-state index contributed by atoms with van der Waals surface area (Å²) in [5, 5.41) is 21.5. The van der Waals surface area contributed by atoms with E-state index in [0.29, 0.717) is 10.7 Å². The maximum absolute atomic E-state index is 11.7. The number of aromatic nitrogens is 3. The Kier molecular flexibility index (Phi) is 5.02. The summed E-state index contributed by atoms with van der Waals surface area (Å²) in [7, 11) is 0. The van der Waals surface area contributed by atoms with E-state index in [1.54, 1.807) is 16.9 Å². The highest BCUT2D eigenvalue weighted by Gasteiger charge is 2.58. The first kappa shape index (κ1) is 20.1. The maximum atomic E-state index is 11.7. The summed E-state index contributed by atoms with van der Waals surface area (Å²) < 4.78 is 0. The van der Waals surface area contributed by atoms with Crippen LogP contribution in [0.2, 0.25) is 5.02 Å². The molecule has 1 unspecified atom stereocenters. The number of aliphatic hydroxyl groups excluding tert-OH is 1. The number of halogens is 1. The van der Waals surface area contributed by atoms with Gasteiger partial charge in [0.05, 0.1) is 5.70 Å². The molecule has 27 heavy (non-hydrogen) atoms. The lowest BCUT2D eigenvalue weighted by Crippen LogP contribution is -2.56. The minimum absolute atomic E-state index is 0.113. The largest absolute Gasteiger partial charge is 0.386 e. The summed E-state index contributed by atoms with van der Waals surface area (Å²) in [6.45, 7) is 13.4. The van der Waals surface area contributed by atoms with Crippen LogP contribution in [-0.4, -0.2) is 26.2 Å². The van der Waals surface area contributed by atoms with E-state index >= 15 is 0 Å². The molecule has 0 bridgehead atoms. The number of hydrogen-bond acceptors (Lipinski definition) is 3. The van der Waals surface area contributed by atoms with Crippen LogP contribution in [0, 0.1) is 16.2 Å². The van der Waals surface area contributed by atoms with Crippen LogP contribution < -0.4 is 0 Å². The molecular weight excluding hydrogens is 358 g/mol. The molecule has 0 spiro atoms. The van der Waals surface area contributed by atoms with Crippen LogP contribution in [0.25, 0.3) is 16.7 Å². The van der Waals surface area contributed by atoms with Crippen molar-refractivity contribution in [2.45, 2.75) is 60.5 Å². The predicted octanol–water partition coefficient (Wildman–Crippen LogP) is 5.72. The first-order valence-electron chi connectivity index (χ1n) is 9.70. The van der Waals surface area contributed by atoms with Gasteiger partial charge in [0.25, 0.3) is 0 Å².